The average Bonchev–Trinajstić information content (AvgIpc) is 3.16. The van der Waals surface area contributed by atoms with Crippen LogP contribution in [0, 0.1) is 0 Å². The Balaban J connectivity index is 1.56. The number of nitrogens with zero attached hydrogens (tertiary/aromatic N) is 5. The molecule has 7 heteroatoms. The highest BCUT2D eigenvalue weighted by atomic mass is 32.2. The lowest BCUT2D eigenvalue weighted by Gasteiger charge is -2.39. The summed E-state index contributed by atoms with van der Waals surface area (Å²) in [6.45, 7) is 4.93. The summed E-state index contributed by atoms with van der Waals surface area (Å²) in [5.74, 6) is 1.26. The maximum atomic E-state index is 13.0. The van der Waals surface area contributed by atoms with Gasteiger partial charge in [-0.2, -0.15) is 0 Å². The molecule has 0 saturated carbocycles. The van der Waals surface area contributed by atoms with E-state index in [2.05, 4.69) is 45.7 Å². The molecule has 0 radical (unpaired) electrons. The van der Waals surface area contributed by atoms with Crippen molar-refractivity contribution >= 4 is 17.7 Å². The van der Waals surface area contributed by atoms with Crippen LogP contribution in [0.25, 0.3) is 11.5 Å². The first-order valence-electron chi connectivity index (χ1n) is 10.5. The minimum Gasteiger partial charge on any atom is -0.337 e. The topological polar surface area (TPSA) is 63.9 Å². The van der Waals surface area contributed by atoms with E-state index < -0.39 is 0 Å². The number of amides is 1. The van der Waals surface area contributed by atoms with Crippen LogP contribution in [0.5, 0.6) is 0 Å². The number of likely N-dealkylation sites (tertiary alicyclic amines) is 1. The summed E-state index contributed by atoms with van der Waals surface area (Å²) in [6.07, 6.45) is 5.11. The number of carbonyl (C=O) groups is 1. The molecule has 1 aromatic carbocycles. The zero-order chi connectivity index (χ0) is 20.9. The molecule has 1 saturated heterocycles. The molecule has 0 spiro atoms. The lowest BCUT2D eigenvalue weighted by atomic mass is 9.98. The lowest BCUT2D eigenvalue weighted by molar-refractivity contribution is -0.134. The summed E-state index contributed by atoms with van der Waals surface area (Å²) < 4.78 is 2.05. The summed E-state index contributed by atoms with van der Waals surface area (Å²) in [5, 5.41) is 9.56. The van der Waals surface area contributed by atoms with Crippen LogP contribution >= 0.6 is 11.8 Å². The molecule has 156 valence electrons. The number of pyridine rings is 1. The number of hydrogen-bond donors (Lipinski definition) is 0. The third-order valence-electron chi connectivity index (χ3n) is 5.60. The van der Waals surface area contributed by atoms with Crippen LogP contribution < -0.4 is 0 Å². The van der Waals surface area contributed by atoms with E-state index in [4.69, 9.17) is 0 Å². The van der Waals surface area contributed by atoms with Gasteiger partial charge < -0.3 is 4.90 Å². The summed E-state index contributed by atoms with van der Waals surface area (Å²) in [5.41, 5.74) is 1.93. The molecule has 30 heavy (non-hydrogen) atoms. The van der Waals surface area contributed by atoms with Gasteiger partial charge in [0.2, 0.25) is 5.91 Å². The van der Waals surface area contributed by atoms with Crippen molar-refractivity contribution < 1.29 is 4.79 Å². The predicted molar refractivity (Wildman–Crippen MR) is 119 cm³/mol. The summed E-state index contributed by atoms with van der Waals surface area (Å²) in [4.78, 5) is 19.5. The number of rotatable bonds is 6. The molecule has 2 unspecified atom stereocenters. The van der Waals surface area contributed by atoms with Crippen LogP contribution in [0.4, 0.5) is 0 Å². The minimum absolute atomic E-state index is 0.174. The van der Waals surface area contributed by atoms with Crippen molar-refractivity contribution in [2.45, 2.75) is 56.9 Å². The van der Waals surface area contributed by atoms with Crippen molar-refractivity contribution in [3.8, 4) is 11.5 Å². The van der Waals surface area contributed by atoms with E-state index in [0.29, 0.717) is 30.2 Å². The van der Waals surface area contributed by atoms with Crippen LogP contribution in [-0.2, 0) is 11.3 Å². The number of piperidine rings is 1. The van der Waals surface area contributed by atoms with Crippen LogP contribution in [0.3, 0.4) is 0 Å². The number of aromatic nitrogens is 4. The van der Waals surface area contributed by atoms with E-state index in [-0.39, 0.29) is 5.91 Å². The quantitative estimate of drug-likeness (QED) is 0.556. The van der Waals surface area contributed by atoms with Gasteiger partial charge in [0.05, 0.1) is 12.3 Å². The van der Waals surface area contributed by atoms with E-state index in [1.165, 1.54) is 18.2 Å². The van der Waals surface area contributed by atoms with Crippen molar-refractivity contribution in [2.24, 2.45) is 0 Å². The molecule has 2 aromatic heterocycles. The Bertz CT molecular complexity index is 966. The fourth-order valence-corrected chi connectivity index (χ4v) is 4.91. The largest absolute Gasteiger partial charge is 0.337 e. The third-order valence-corrected chi connectivity index (χ3v) is 6.55. The Morgan fingerprint density at radius 3 is 2.47 bits per heavy atom. The van der Waals surface area contributed by atoms with Gasteiger partial charge in [0.15, 0.2) is 11.0 Å². The van der Waals surface area contributed by atoms with Gasteiger partial charge >= 0.3 is 0 Å². The number of carbonyl (C=O) groups excluding carboxylic acids is 1. The van der Waals surface area contributed by atoms with Gasteiger partial charge in [-0.3, -0.25) is 14.3 Å². The average molecular weight is 422 g/mol. The van der Waals surface area contributed by atoms with Crippen molar-refractivity contribution in [1.29, 1.82) is 0 Å². The number of benzene rings is 1. The third kappa shape index (κ3) is 4.56. The second kappa shape index (κ2) is 9.43. The number of thioether (sulfide) groups is 1. The van der Waals surface area contributed by atoms with Crippen LogP contribution in [0.1, 0.15) is 38.7 Å². The standard InChI is InChI=1S/C23H27N5OS/c1-17-9-8-10-18(2)28(17)21(29)16-30-23-26-25-22(20-13-6-7-14-24-20)27(23)15-19-11-4-3-5-12-19/h3-7,11-14,17-18H,8-10,15-16H2,1-2H3. The fourth-order valence-electron chi connectivity index (χ4n) is 4.10. The Kier molecular flexibility index (Phi) is 6.47. The van der Waals surface area contributed by atoms with E-state index in [9.17, 15) is 4.79 Å². The van der Waals surface area contributed by atoms with Gasteiger partial charge in [-0.15, -0.1) is 10.2 Å². The van der Waals surface area contributed by atoms with Crippen molar-refractivity contribution in [2.75, 3.05) is 5.75 Å². The molecule has 0 aliphatic carbocycles. The maximum absolute atomic E-state index is 13.0. The van der Waals surface area contributed by atoms with E-state index in [0.717, 1.165) is 29.3 Å². The molecule has 6 nitrogen and oxygen atoms in total. The molecule has 4 rings (SSSR count). The molecular weight excluding hydrogens is 394 g/mol. The van der Waals surface area contributed by atoms with Gasteiger partial charge in [0.25, 0.3) is 0 Å². The summed E-state index contributed by atoms with van der Waals surface area (Å²) in [7, 11) is 0. The Morgan fingerprint density at radius 2 is 1.77 bits per heavy atom. The molecule has 0 N–H and O–H groups in total. The molecule has 3 heterocycles. The van der Waals surface area contributed by atoms with Gasteiger partial charge in [0, 0.05) is 18.3 Å². The van der Waals surface area contributed by atoms with Gasteiger partial charge in [-0.1, -0.05) is 48.2 Å². The second-order valence-corrected chi connectivity index (χ2v) is 8.75. The molecule has 0 bridgehead atoms. The first-order chi connectivity index (χ1) is 14.6. The molecule has 1 amide bonds. The molecular formula is C23H27N5OS. The van der Waals surface area contributed by atoms with Crippen LogP contribution in [-0.4, -0.2) is 48.4 Å². The normalized spacial score (nSPS) is 19.1. The Labute approximate surface area is 181 Å². The smallest absolute Gasteiger partial charge is 0.233 e. The molecule has 1 fully saturated rings. The van der Waals surface area contributed by atoms with Gasteiger partial charge in [0.1, 0.15) is 5.69 Å². The van der Waals surface area contributed by atoms with Crippen LogP contribution in [0.15, 0.2) is 59.9 Å². The molecule has 1 aliphatic heterocycles. The highest BCUT2D eigenvalue weighted by molar-refractivity contribution is 7.99. The van der Waals surface area contributed by atoms with E-state index in [1.54, 1.807) is 6.20 Å². The van der Waals surface area contributed by atoms with E-state index >= 15 is 0 Å². The maximum Gasteiger partial charge on any atom is 0.233 e. The molecule has 2 atom stereocenters. The second-order valence-electron chi connectivity index (χ2n) is 7.81. The monoisotopic (exact) mass is 421 g/mol. The summed E-state index contributed by atoms with van der Waals surface area (Å²) >= 11 is 1.46. The zero-order valence-electron chi connectivity index (χ0n) is 17.4. The SMILES string of the molecule is CC1CCCC(C)N1C(=O)CSc1nnc(-c2ccccn2)n1Cc1ccccc1. The highest BCUT2D eigenvalue weighted by Gasteiger charge is 2.29. The van der Waals surface area contributed by atoms with E-state index in [1.807, 2.05) is 41.3 Å². The first kappa shape index (κ1) is 20.6. The van der Waals surface area contributed by atoms with Gasteiger partial charge in [-0.05, 0) is 50.8 Å². The predicted octanol–water partition coefficient (Wildman–Crippen LogP) is 4.27. The van der Waals surface area contributed by atoms with Crippen molar-refractivity contribution in [3.63, 3.8) is 0 Å². The Hall–Kier alpha value is -2.67. The van der Waals surface area contributed by atoms with Crippen molar-refractivity contribution in [3.05, 3.63) is 60.3 Å². The minimum atomic E-state index is 0.174. The number of hydrogen-bond acceptors (Lipinski definition) is 5. The lowest BCUT2D eigenvalue weighted by Crippen LogP contribution is -2.48. The highest BCUT2D eigenvalue weighted by Crippen LogP contribution is 2.27. The zero-order valence-corrected chi connectivity index (χ0v) is 18.3. The van der Waals surface area contributed by atoms with Gasteiger partial charge in [-0.25, -0.2) is 0 Å². The van der Waals surface area contributed by atoms with Crippen molar-refractivity contribution in [1.82, 2.24) is 24.6 Å². The summed E-state index contributed by atoms with van der Waals surface area (Å²) in [6, 6.07) is 16.6. The fraction of sp³-hybridized carbons (Fsp3) is 0.391. The first-order valence-corrected chi connectivity index (χ1v) is 11.4. The molecule has 3 aromatic rings. The Morgan fingerprint density at radius 1 is 1.03 bits per heavy atom. The van der Waals surface area contributed by atoms with Crippen LogP contribution in [0.2, 0.25) is 0 Å². The molecule has 1 aliphatic rings.